The second-order valence-corrected chi connectivity index (χ2v) is 7.51. The Kier molecular flexibility index (Phi) is 4.45. The van der Waals surface area contributed by atoms with Crippen molar-refractivity contribution in [3.63, 3.8) is 0 Å². The topological polar surface area (TPSA) is 55.1 Å². The van der Waals surface area contributed by atoms with Crippen LogP contribution >= 0.6 is 11.6 Å². The van der Waals surface area contributed by atoms with E-state index in [1.165, 1.54) is 16.5 Å². The minimum atomic E-state index is -0.701. The Hall–Kier alpha value is -2.33. The highest BCUT2D eigenvalue weighted by atomic mass is 35.5. The zero-order chi connectivity index (χ0) is 18.3. The molecule has 2 heterocycles. The molecule has 26 heavy (non-hydrogen) atoms. The van der Waals surface area contributed by atoms with Gasteiger partial charge >= 0.3 is 5.97 Å². The van der Waals surface area contributed by atoms with Crippen LogP contribution < -0.4 is 0 Å². The van der Waals surface area contributed by atoms with Gasteiger partial charge in [-0.1, -0.05) is 17.7 Å². The van der Waals surface area contributed by atoms with E-state index >= 15 is 0 Å². The molecule has 1 atom stereocenters. The van der Waals surface area contributed by atoms with Gasteiger partial charge in [0.15, 0.2) is 0 Å². The van der Waals surface area contributed by atoms with Gasteiger partial charge in [0.2, 0.25) is 0 Å². The van der Waals surface area contributed by atoms with E-state index in [4.69, 9.17) is 11.6 Å². The Balaban J connectivity index is 1.73. The SMILES string of the molecule is Cc1ccc(CCn2c3c(c4cc(Cl)ccc42)CCC(C(=O)O)C3)cn1. The normalized spacial score (nSPS) is 16.6. The highest BCUT2D eigenvalue weighted by molar-refractivity contribution is 6.31. The van der Waals surface area contributed by atoms with Gasteiger partial charge in [0.1, 0.15) is 0 Å². The van der Waals surface area contributed by atoms with Gasteiger partial charge in [-0.25, -0.2) is 0 Å². The number of hydrogen-bond donors (Lipinski definition) is 1. The summed E-state index contributed by atoms with van der Waals surface area (Å²) in [6, 6.07) is 10.1. The lowest BCUT2D eigenvalue weighted by atomic mass is 9.87. The van der Waals surface area contributed by atoms with E-state index in [1.807, 2.05) is 31.3 Å². The summed E-state index contributed by atoms with van der Waals surface area (Å²) >= 11 is 6.23. The smallest absolute Gasteiger partial charge is 0.306 e. The Labute approximate surface area is 157 Å². The molecule has 0 aliphatic heterocycles. The van der Waals surface area contributed by atoms with Gasteiger partial charge in [0.25, 0.3) is 0 Å². The standard InChI is InChI=1S/C21H21ClN2O2/c1-13-2-3-14(12-23-13)8-9-24-19-7-5-16(22)11-18(19)17-6-4-15(21(25)26)10-20(17)24/h2-3,5,7,11-12,15H,4,6,8-10H2,1H3,(H,25,26). The number of aryl methyl sites for hydroxylation is 4. The van der Waals surface area contributed by atoms with Gasteiger partial charge in [-0.2, -0.15) is 0 Å². The summed E-state index contributed by atoms with van der Waals surface area (Å²) < 4.78 is 2.29. The monoisotopic (exact) mass is 368 g/mol. The maximum absolute atomic E-state index is 11.5. The van der Waals surface area contributed by atoms with Gasteiger partial charge in [0, 0.05) is 46.5 Å². The third-order valence-electron chi connectivity index (χ3n) is 5.38. The number of rotatable bonds is 4. The van der Waals surface area contributed by atoms with Gasteiger partial charge in [-0.3, -0.25) is 9.78 Å². The number of carboxylic acid groups (broad SMARTS) is 1. The molecule has 0 saturated heterocycles. The fourth-order valence-electron chi connectivity index (χ4n) is 3.97. The zero-order valence-electron chi connectivity index (χ0n) is 14.7. The number of halogens is 1. The van der Waals surface area contributed by atoms with Crippen molar-refractivity contribution in [3.8, 4) is 0 Å². The Morgan fingerprint density at radius 2 is 2.19 bits per heavy atom. The first-order valence-corrected chi connectivity index (χ1v) is 9.34. The lowest BCUT2D eigenvalue weighted by molar-refractivity contribution is -0.142. The molecule has 2 aromatic heterocycles. The fraction of sp³-hybridized carbons (Fsp3) is 0.333. The molecule has 4 rings (SSSR count). The van der Waals surface area contributed by atoms with Crippen molar-refractivity contribution in [2.24, 2.45) is 5.92 Å². The molecule has 0 radical (unpaired) electrons. The van der Waals surface area contributed by atoms with E-state index in [-0.39, 0.29) is 5.92 Å². The summed E-state index contributed by atoms with van der Waals surface area (Å²) in [5.74, 6) is -1.00. The van der Waals surface area contributed by atoms with Crippen molar-refractivity contribution in [2.75, 3.05) is 0 Å². The molecule has 1 N–H and O–H groups in total. The van der Waals surface area contributed by atoms with Crippen LogP contribution in [-0.4, -0.2) is 20.6 Å². The van der Waals surface area contributed by atoms with Crippen LogP contribution in [0.15, 0.2) is 36.5 Å². The van der Waals surface area contributed by atoms with Crippen molar-refractivity contribution in [2.45, 2.75) is 39.2 Å². The molecule has 0 fully saturated rings. The van der Waals surface area contributed by atoms with Gasteiger partial charge in [0.05, 0.1) is 5.92 Å². The molecule has 4 nitrogen and oxygen atoms in total. The number of nitrogens with zero attached hydrogens (tertiary/aromatic N) is 2. The number of aliphatic carboxylic acids is 1. The average Bonchev–Trinajstić information content (AvgIpc) is 2.93. The van der Waals surface area contributed by atoms with Crippen molar-refractivity contribution >= 4 is 28.5 Å². The second-order valence-electron chi connectivity index (χ2n) is 7.07. The third kappa shape index (κ3) is 3.10. The molecule has 0 bridgehead atoms. The van der Waals surface area contributed by atoms with Crippen LogP contribution in [0.2, 0.25) is 5.02 Å². The molecule has 0 saturated carbocycles. The van der Waals surface area contributed by atoms with E-state index in [1.54, 1.807) is 0 Å². The number of aromatic nitrogens is 2. The molecule has 1 unspecified atom stereocenters. The molecule has 1 aliphatic carbocycles. The van der Waals surface area contributed by atoms with E-state index in [2.05, 4.69) is 21.7 Å². The van der Waals surface area contributed by atoms with Crippen molar-refractivity contribution in [1.82, 2.24) is 9.55 Å². The summed E-state index contributed by atoms with van der Waals surface area (Å²) in [4.78, 5) is 15.9. The highest BCUT2D eigenvalue weighted by Crippen LogP contribution is 2.36. The van der Waals surface area contributed by atoms with Gasteiger partial charge in [-0.05, 0) is 61.6 Å². The lowest BCUT2D eigenvalue weighted by Crippen LogP contribution is -2.23. The fourth-order valence-corrected chi connectivity index (χ4v) is 4.14. The van der Waals surface area contributed by atoms with Crippen LogP contribution in [0.5, 0.6) is 0 Å². The number of carboxylic acids is 1. The third-order valence-corrected chi connectivity index (χ3v) is 5.61. The van der Waals surface area contributed by atoms with E-state index in [9.17, 15) is 9.90 Å². The van der Waals surface area contributed by atoms with Crippen molar-refractivity contribution < 1.29 is 9.90 Å². The molecule has 5 heteroatoms. The Morgan fingerprint density at radius 3 is 2.92 bits per heavy atom. The summed E-state index contributed by atoms with van der Waals surface area (Å²) in [5.41, 5.74) is 5.76. The first kappa shape index (κ1) is 17.1. The molecular formula is C21H21ClN2O2. The highest BCUT2D eigenvalue weighted by Gasteiger charge is 2.29. The molecule has 0 spiro atoms. The lowest BCUT2D eigenvalue weighted by Gasteiger charge is -2.21. The number of hydrogen-bond acceptors (Lipinski definition) is 2. The van der Waals surface area contributed by atoms with Crippen molar-refractivity contribution in [3.05, 3.63) is 64.1 Å². The minimum absolute atomic E-state index is 0.304. The van der Waals surface area contributed by atoms with E-state index in [0.29, 0.717) is 12.8 Å². The van der Waals surface area contributed by atoms with E-state index in [0.717, 1.165) is 41.3 Å². The van der Waals surface area contributed by atoms with Crippen molar-refractivity contribution in [1.29, 1.82) is 0 Å². The molecular weight excluding hydrogens is 348 g/mol. The van der Waals surface area contributed by atoms with E-state index < -0.39 is 5.97 Å². The van der Waals surface area contributed by atoms with Crippen LogP contribution in [0, 0.1) is 12.8 Å². The quantitative estimate of drug-likeness (QED) is 0.741. The first-order chi connectivity index (χ1) is 12.5. The summed E-state index contributed by atoms with van der Waals surface area (Å²) in [7, 11) is 0. The predicted octanol–water partition coefficient (Wildman–Crippen LogP) is 4.43. The number of fused-ring (bicyclic) bond motifs is 3. The van der Waals surface area contributed by atoms with Gasteiger partial charge in [-0.15, -0.1) is 0 Å². The predicted molar refractivity (Wildman–Crippen MR) is 103 cm³/mol. The Morgan fingerprint density at radius 1 is 1.35 bits per heavy atom. The molecule has 134 valence electrons. The van der Waals surface area contributed by atoms with Crippen LogP contribution in [-0.2, 0) is 30.6 Å². The molecule has 1 aliphatic rings. The van der Waals surface area contributed by atoms with Crippen LogP contribution in [0.4, 0.5) is 0 Å². The van der Waals surface area contributed by atoms with Crippen LogP contribution in [0.1, 0.15) is 28.9 Å². The minimum Gasteiger partial charge on any atom is -0.481 e. The largest absolute Gasteiger partial charge is 0.481 e. The van der Waals surface area contributed by atoms with Gasteiger partial charge < -0.3 is 9.67 Å². The maximum Gasteiger partial charge on any atom is 0.306 e. The summed E-state index contributed by atoms with van der Waals surface area (Å²) in [5, 5.41) is 11.4. The molecule has 0 amide bonds. The first-order valence-electron chi connectivity index (χ1n) is 8.97. The number of pyridine rings is 1. The average molecular weight is 369 g/mol. The molecule has 1 aromatic carbocycles. The second kappa shape index (κ2) is 6.76. The number of carbonyl (C=O) groups is 1. The van der Waals surface area contributed by atoms with Crippen LogP contribution in [0.25, 0.3) is 10.9 Å². The van der Waals surface area contributed by atoms with Crippen LogP contribution in [0.3, 0.4) is 0 Å². The maximum atomic E-state index is 11.5. The zero-order valence-corrected chi connectivity index (χ0v) is 15.5. The summed E-state index contributed by atoms with van der Waals surface area (Å²) in [6.45, 7) is 2.79. The summed E-state index contributed by atoms with van der Waals surface area (Å²) in [6.07, 6.45) is 4.86. The Bertz CT molecular complexity index is 976. The number of benzene rings is 1. The molecule has 3 aromatic rings.